The topological polar surface area (TPSA) is 70.4 Å². The Morgan fingerprint density at radius 1 is 1.14 bits per heavy atom. The van der Waals surface area contributed by atoms with Crippen molar-refractivity contribution in [2.45, 2.75) is 56.7 Å². The van der Waals surface area contributed by atoms with E-state index in [0.29, 0.717) is 18.0 Å². The predicted molar refractivity (Wildman–Crippen MR) is 151 cm³/mol. The number of hydrogen-bond donors (Lipinski definition) is 2. The molecule has 2 fully saturated rings. The first kappa shape index (κ1) is 26.0. The summed E-state index contributed by atoms with van der Waals surface area (Å²) in [7, 11) is 0. The number of carbonyl (C=O) groups is 1. The van der Waals surface area contributed by atoms with Gasteiger partial charge in [0.25, 0.3) is 5.91 Å². The number of amides is 1. The zero-order valence-electron chi connectivity index (χ0n) is 21.7. The lowest BCUT2D eigenvalue weighted by atomic mass is 9.81. The molecular weight excluding hydrogens is 480 g/mol. The van der Waals surface area contributed by atoms with Gasteiger partial charge in [0.2, 0.25) is 0 Å². The SMILES string of the molecule is CCSCC1(O)CCCCC1n1cnc(C(=O)N2CCNC[C@H]2Cc2ccccc2)c1-c1ccccc1. The lowest BCUT2D eigenvalue weighted by Crippen LogP contribution is -2.54. The van der Waals surface area contributed by atoms with Gasteiger partial charge in [0.15, 0.2) is 5.69 Å². The average Bonchev–Trinajstić information content (AvgIpc) is 3.38. The maximum absolute atomic E-state index is 14.2. The highest BCUT2D eigenvalue weighted by molar-refractivity contribution is 7.99. The molecule has 1 saturated heterocycles. The van der Waals surface area contributed by atoms with Gasteiger partial charge in [0.1, 0.15) is 0 Å². The summed E-state index contributed by atoms with van der Waals surface area (Å²) in [4.78, 5) is 20.9. The molecule has 1 aliphatic heterocycles. The van der Waals surface area contributed by atoms with Gasteiger partial charge in [-0.3, -0.25) is 4.79 Å². The Morgan fingerprint density at radius 3 is 2.65 bits per heavy atom. The highest BCUT2D eigenvalue weighted by Crippen LogP contribution is 2.42. The quantitative estimate of drug-likeness (QED) is 0.448. The van der Waals surface area contributed by atoms with E-state index in [1.54, 1.807) is 11.8 Å². The molecule has 1 aliphatic carbocycles. The van der Waals surface area contributed by atoms with Crippen molar-refractivity contribution in [3.05, 3.63) is 78.2 Å². The molecule has 1 amide bonds. The molecule has 6 nitrogen and oxygen atoms in total. The lowest BCUT2D eigenvalue weighted by molar-refractivity contribution is -0.0199. The third kappa shape index (κ3) is 5.64. The van der Waals surface area contributed by atoms with Crippen LogP contribution in [0.15, 0.2) is 67.0 Å². The Kier molecular flexibility index (Phi) is 8.33. The minimum atomic E-state index is -0.811. The average molecular weight is 519 g/mol. The van der Waals surface area contributed by atoms with Gasteiger partial charge >= 0.3 is 0 Å². The largest absolute Gasteiger partial charge is 0.387 e. The number of rotatable bonds is 8. The van der Waals surface area contributed by atoms with Gasteiger partial charge < -0.3 is 19.9 Å². The predicted octanol–water partition coefficient (Wildman–Crippen LogP) is 4.81. The first-order chi connectivity index (χ1) is 18.1. The third-order valence-corrected chi connectivity index (χ3v) is 8.93. The molecule has 0 radical (unpaired) electrons. The highest BCUT2D eigenvalue weighted by atomic mass is 32.2. The van der Waals surface area contributed by atoms with Crippen molar-refractivity contribution in [2.75, 3.05) is 31.1 Å². The van der Waals surface area contributed by atoms with Crippen LogP contribution in [0.25, 0.3) is 11.3 Å². The first-order valence-corrected chi connectivity index (χ1v) is 14.7. The fraction of sp³-hybridized carbons (Fsp3) is 0.467. The van der Waals surface area contributed by atoms with Crippen LogP contribution in [0.2, 0.25) is 0 Å². The van der Waals surface area contributed by atoms with Crippen molar-refractivity contribution < 1.29 is 9.90 Å². The highest BCUT2D eigenvalue weighted by Gasteiger charge is 2.42. The molecule has 196 valence electrons. The molecule has 2 unspecified atom stereocenters. The van der Waals surface area contributed by atoms with Crippen molar-refractivity contribution in [1.82, 2.24) is 19.8 Å². The Bertz CT molecular complexity index is 1170. The van der Waals surface area contributed by atoms with E-state index < -0.39 is 5.60 Å². The van der Waals surface area contributed by atoms with Gasteiger partial charge in [0, 0.05) is 37.0 Å². The number of imidazole rings is 1. The van der Waals surface area contributed by atoms with E-state index in [-0.39, 0.29) is 18.0 Å². The lowest BCUT2D eigenvalue weighted by Gasteiger charge is -2.41. The van der Waals surface area contributed by atoms with E-state index in [1.807, 2.05) is 47.6 Å². The Balaban J connectivity index is 1.52. The summed E-state index contributed by atoms with van der Waals surface area (Å²) in [6, 6.07) is 20.4. The minimum Gasteiger partial charge on any atom is -0.387 e. The van der Waals surface area contributed by atoms with Crippen LogP contribution in [-0.2, 0) is 6.42 Å². The molecule has 37 heavy (non-hydrogen) atoms. The Labute approximate surface area is 224 Å². The van der Waals surface area contributed by atoms with Crippen LogP contribution >= 0.6 is 11.8 Å². The first-order valence-electron chi connectivity index (χ1n) is 13.6. The van der Waals surface area contributed by atoms with Gasteiger partial charge in [-0.05, 0) is 30.6 Å². The zero-order chi connectivity index (χ0) is 25.7. The summed E-state index contributed by atoms with van der Waals surface area (Å²) >= 11 is 1.78. The number of thioether (sulfide) groups is 1. The summed E-state index contributed by atoms with van der Waals surface area (Å²) in [6.45, 7) is 4.32. The van der Waals surface area contributed by atoms with E-state index in [1.165, 1.54) is 5.56 Å². The second kappa shape index (κ2) is 11.8. The molecule has 3 aromatic rings. The number of hydrogen-bond acceptors (Lipinski definition) is 5. The van der Waals surface area contributed by atoms with Crippen LogP contribution < -0.4 is 5.32 Å². The second-order valence-electron chi connectivity index (χ2n) is 10.3. The Hall–Kier alpha value is -2.61. The number of aliphatic hydroxyl groups is 1. The number of benzene rings is 2. The van der Waals surface area contributed by atoms with Gasteiger partial charge in [-0.25, -0.2) is 4.98 Å². The van der Waals surface area contributed by atoms with E-state index in [2.05, 4.69) is 41.1 Å². The Morgan fingerprint density at radius 2 is 1.89 bits per heavy atom. The number of nitrogens with zero attached hydrogens (tertiary/aromatic N) is 3. The third-order valence-electron chi connectivity index (χ3n) is 7.82. The molecule has 3 atom stereocenters. The summed E-state index contributed by atoms with van der Waals surface area (Å²) in [6.07, 6.45) is 6.36. The van der Waals surface area contributed by atoms with Crippen LogP contribution in [0.5, 0.6) is 0 Å². The summed E-state index contributed by atoms with van der Waals surface area (Å²) in [5, 5.41) is 15.3. The zero-order valence-corrected chi connectivity index (χ0v) is 22.5. The molecule has 0 bridgehead atoms. The van der Waals surface area contributed by atoms with Crippen molar-refractivity contribution in [1.29, 1.82) is 0 Å². The number of piperazine rings is 1. The van der Waals surface area contributed by atoms with Gasteiger partial charge in [-0.1, -0.05) is 80.4 Å². The summed E-state index contributed by atoms with van der Waals surface area (Å²) in [5.41, 5.74) is 2.70. The molecule has 0 spiro atoms. The molecule has 2 heterocycles. The van der Waals surface area contributed by atoms with E-state index in [4.69, 9.17) is 4.98 Å². The van der Waals surface area contributed by atoms with Gasteiger partial charge in [-0.15, -0.1) is 0 Å². The molecule has 2 N–H and O–H groups in total. The minimum absolute atomic E-state index is 0.0256. The van der Waals surface area contributed by atoms with Crippen molar-refractivity contribution in [3.63, 3.8) is 0 Å². The van der Waals surface area contributed by atoms with E-state index in [9.17, 15) is 9.90 Å². The molecular formula is C30H38N4O2S. The molecule has 2 aliphatic rings. The number of carbonyl (C=O) groups excluding carboxylic acids is 1. The molecule has 2 aromatic carbocycles. The maximum atomic E-state index is 14.2. The van der Waals surface area contributed by atoms with Crippen LogP contribution in [0, 0.1) is 0 Å². The number of aromatic nitrogens is 2. The van der Waals surface area contributed by atoms with Gasteiger partial charge in [-0.2, -0.15) is 11.8 Å². The van der Waals surface area contributed by atoms with E-state index >= 15 is 0 Å². The van der Waals surface area contributed by atoms with E-state index in [0.717, 1.165) is 62.2 Å². The summed E-state index contributed by atoms with van der Waals surface area (Å²) in [5.74, 6) is 1.64. The van der Waals surface area contributed by atoms with Crippen LogP contribution in [0.1, 0.15) is 54.7 Å². The molecule has 7 heteroatoms. The normalized spacial score (nSPS) is 24.2. The van der Waals surface area contributed by atoms with Crippen LogP contribution in [-0.4, -0.2) is 68.2 Å². The fourth-order valence-electron chi connectivity index (χ4n) is 5.92. The van der Waals surface area contributed by atoms with Crippen LogP contribution in [0.4, 0.5) is 0 Å². The van der Waals surface area contributed by atoms with Gasteiger partial charge in [0.05, 0.1) is 23.7 Å². The van der Waals surface area contributed by atoms with Crippen molar-refractivity contribution in [2.24, 2.45) is 0 Å². The summed E-state index contributed by atoms with van der Waals surface area (Å²) < 4.78 is 2.12. The van der Waals surface area contributed by atoms with Crippen molar-refractivity contribution >= 4 is 17.7 Å². The van der Waals surface area contributed by atoms with Crippen LogP contribution in [0.3, 0.4) is 0 Å². The molecule has 1 saturated carbocycles. The second-order valence-corrected chi connectivity index (χ2v) is 11.5. The van der Waals surface area contributed by atoms with Crippen molar-refractivity contribution in [3.8, 4) is 11.3 Å². The number of nitrogens with one attached hydrogen (secondary N) is 1. The smallest absolute Gasteiger partial charge is 0.275 e. The standard InChI is InChI=1S/C30H38N4O2S/c1-2-37-21-30(36)16-10-9-15-26(30)34-22-32-27(28(34)24-13-7-4-8-14-24)29(35)33-18-17-31-20-25(33)19-23-11-5-3-6-12-23/h3-8,11-14,22,25-26,31,36H,2,9-10,15-21H2,1H3/t25-,26?,30?/m1/s1. The fourth-order valence-corrected chi connectivity index (χ4v) is 6.81. The maximum Gasteiger partial charge on any atom is 0.275 e. The monoisotopic (exact) mass is 518 g/mol. The molecule has 1 aromatic heterocycles. The molecule has 5 rings (SSSR count).